The molecule has 0 radical (unpaired) electrons. The minimum absolute atomic E-state index is 0.0459. The molecule has 0 saturated heterocycles. The molecular weight excluding hydrogens is 287 g/mol. The molecule has 0 aliphatic rings. The van der Waals surface area contributed by atoms with Crippen LogP contribution in [0, 0.1) is 12.7 Å². The van der Waals surface area contributed by atoms with Crippen molar-refractivity contribution in [2.24, 2.45) is 5.73 Å². The largest absolute Gasteiger partial charge is 0.329 e. The summed E-state index contributed by atoms with van der Waals surface area (Å²) in [5.74, 6) is -0.218. The van der Waals surface area contributed by atoms with E-state index in [4.69, 9.17) is 17.3 Å². The maximum Gasteiger partial charge on any atom is 0.123 e. The Morgan fingerprint density at radius 3 is 2.62 bits per heavy atom. The van der Waals surface area contributed by atoms with Gasteiger partial charge in [0.25, 0.3) is 0 Å². The predicted octanol–water partition coefficient (Wildman–Crippen LogP) is 3.92. The van der Waals surface area contributed by atoms with Crippen LogP contribution in [0.4, 0.5) is 4.39 Å². The van der Waals surface area contributed by atoms with Crippen LogP contribution in [-0.2, 0) is 6.54 Å². The van der Waals surface area contributed by atoms with E-state index in [0.29, 0.717) is 6.54 Å². The number of halogens is 2. The van der Waals surface area contributed by atoms with Crippen LogP contribution in [0.15, 0.2) is 42.5 Å². The second kappa shape index (κ2) is 7.03. The highest BCUT2D eigenvalue weighted by Crippen LogP contribution is 2.24. The van der Waals surface area contributed by atoms with Crippen molar-refractivity contribution in [1.82, 2.24) is 4.90 Å². The monoisotopic (exact) mass is 306 g/mol. The summed E-state index contributed by atoms with van der Waals surface area (Å²) in [7, 11) is 2.02. The average molecular weight is 307 g/mol. The van der Waals surface area contributed by atoms with Crippen molar-refractivity contribution in [2.45, 2.75) is 19.5 Å². The third-order valence-corrected chi connectivity index (χ3v) is 3.90. The van der Waals surface area contributed by atoms with Crippen LogP contribution in [0.2, 0.25) is 5.02 Å². The zero-order valence-corrected chi connectivity index (χ0v) is 13.1. The van der Waals surface area contributed by atoms with Gasteiger partial charge >= 0.3 is 0 Å². The first-order valence-corrected chi connectivity index (χ1v) is 7.30. The fourth-order valence-electron chi connectivity index (χ4n) is 2.59. The van der Waals surface area contributed by atoms with E-state index in [1.807, 2.05) is 44.3 Å². The van der Waals surface area contributed by atoms with Gasteiger partial charge in [-0.3, -0.25) is 4.90 Å². The normalized spacial score (nSPS) is 12.7. The maximum atomic E-state index is 13.2. The number of benzene rings is 2. The van der Waals surface area contributed by atoms with Gasteiger partial charge in [-0.1, -0.05) is 29.8 Å². The number of nitrogens with zero attached hydrogens (tertiary/aromatic N) is 1. The van der Waals surface area contributed by atoms with E-state index in [2.05, 4.69) is 4.90 Å². The Labute approximate surface area is 130 Å². The minimum Gasteiger partial charge on any atom is -0.329 e. The average Bonchev–Trinajstić information content (AvgIpc) is 2.42. The van der Waals surface area contributed by atoms with Crippen molar-refractivity contribution in [3.8, 4) is 0 Å². The van der Waals surface area contributed by atoms with Gasteiger partial charge in [0.15, 0.2) is 0 Å². The van der Waals surface area contributed by atoms with Gasteiger partial charge in [-0.25, -0.2) is 4.39 Å². The predicted molar refractivity (Wildman–Crippen MR) is 85.9 cm³/mol. The fourth-order valence-corrected chi connectivity index (χ4v) is 2.80. The molecular formula is C17H20ClFN2. The van der Waals surface area contributed by atoms with Crippen LogP contribution in [0.25, 0.3) is 0 Å². The molecule has 4 heteroatoms. The molecule has 2 N–H and O–H groups in total. The molecule has 0 bridgehead atoms. The third kappa shape index (κ3) is 4.03. The van der Waals surface area contributed by atoms with Crippen molar-refractivity contribution in [3.63, 3.8) is 0 Å². The lowest BCUT2D eigenvalue weighted by molar-refractivity contribution is 0.241. The zero-order valence-electron chi connectivity index (χ0n) is 12.3. The van der Waals surface area contributed by atoms with Gasteiger partial charge in [-0.05, 0) is 54.9 Å². The van der Waals surface area contributed by atoms with Crippen LogP contribution in [0.1, 0.15) is 22.7 Å². The van der Waals surface area contributed by atoms with Crippen LogP contribution in [0.3, 0.4) is 0 Å². The van der Waals surface area contributed by atoms with Crippen LogP contribution >= 0.6 is 11.6 Å². The lowest BCUT2D eigenvalue weighted by Gasteiger charge is -2.28. The molecule has 0 aromatic heterocycles. The Hall–Kier alpha value is -1.42. The van der Waals surface area contributed by atoms with Crippen LogP contribution < -0.4 is 5.73 Å². The van der Waals surface area contributed by atoms with E-state index in [1.54, 1.807) is 6.07 Å². The summed E-state index contributed by atoms with van der Waals surface area (Å²) < 4.78 is 13.2. The van der Waals surface area contributed by atoms with Gasteiger partial charge < -0.3 is 5.73 Å². The Balaban J connectivity index is 2.20. The summed E-state index contributed by atoms with van der Waals surface area (Å²) in [6.45, 7) is 3.12. The third-order valence-electron chi connectivity index (χ3n) is 3.67. The number of hydrogen-bond donors (Lipinski definition) is 1. The molecule has 0 aliphatic heterocycles. The first kappa shape index (κ1) is 16.0. The van der Waals surface area contributed by atoms with E-state index in [0.717, 1.165) is 28.3 Å². The number of likely N-dealkylation sites (N-methyl/N-ethyl adjacent to an activating group) is 1. The second-order valence-electron chi connectivity index (χ2n) is 5.30. The molecule has 0 heterocycles. The van der Waals surface area contributed by atoms with Crippen LogP contribution in [-0.4, -0.2) is 18.5 Å². The number of hydrogen-bond acceptors (Lipinski definition) is 2. The molecule has 0 fully saturated rings. The quantitative estimate of drug-likeness (QED) is 0.907. The Morgan fingerprint density at radius 1 is 1.24 bits per heavy atom. The minimum atomic E-state index is -0.218. The van der Waals surface area contributed by atoms with Gasteiger partial charge in [0.1, 0.15) is 5.82 Å². The Bertz CT molecular complexity index is 615. The zero-order chi connectivity index (χ0) is 15.4. The summed E-state index contributed by atoms with van der Waals surface area (Å²) in [6, 6.07) is 12.7. The lowest BCUT2D eigenvalue weighted by atomic mass is 9.99. The molecule has 2 rings (SSSR count). The number of nitrogens with two attached hydrogens (primary N) is 1. The molecule has 0 spiro atoms. The first-order valence-electron chi connectivity index (χ1n) is 6.92. The topological polar surface area (TPSA) is 29.3 Å². The van der Waals surface area contributed by atoms with E-state index in [9.17, 15) is 4.39 Å². The van der Waals surface area contributed by atoms with Gasteiger partial charge in [0.05, 0.1) is 0 Å². The fraction of sp³-hybridized carbons (Fsp3) is 0.294. The van der Waals surface area contributed by atoms with Gasteiger partial charge in [0.2, 0.25) is 0 Å². The first-order chi connectivity index (χ1) is 10.0. The highest BCUT2D eigenvalue weighted by molar-refractivity contribution is 6.30. The SMILES string of the molecule is Cc1cc(F)ccc1C(CN)N(C)Cc1cccc(Cl)c1. The molecule has 0 amide bonds. The number of rotatable bonds is 5. The van der Waals surface area contributed by atoms with E-state index < -0.39 is 0 Å². The van der Waals surface area contributed by atoms with E-state index >= 15 is 0 Å². The van der Waals surface area contributed by atoms with E-state index in [1.165, 1.54) is 6.07 Å². The molecule has 0 saturated carbocycles. The summed E-state index contributed by atoms with van der Waals surface area (Å²) in [5.41, 5.74) is 9.04. The van der Waals surface area contributed by atoms with Crippen molar-refractivity contribution < 1.29 is 4.39 Å². The van der Waals surface area contributed by atoms with E-state index in [-0.39, 0.29) is 11.9 Å². The maximum absolute atomic E-state index is 13.2. The highest BCUT2D eigenvalue weighted by Gasteiger charge is 2.18. The van der Waals surface area contributed by atoms with Crippen molar-refractivity contribution in [3.05, 3.63) is 70.0 Å². The second-order valence-corrected chi connectivity index (χ2v) is 5.73. The molecule has 2 aromatic rings. The van der Waals surface area contributed by atoms with Gasteiger partial charge in [-0.15, -0.1) is 0 Å². The lowest BCUT2D eigenvalue weighted by Crippen LogP contribution is -2.30. The molecule has 0 aliphatic carbocycles. The Kier molecular flexibility index (Phi) is 5.34. The van der Waals surface area contributed by atoms with Gasteiger partial charge in [0, 0.05) is 24.2 Å². The Morgan fingerprint density at radius 2 is 2.00 bits per heavy atom. The smallest absolute Gasteiger partial charge is 0.123 e. The van der Waals surface area contributed by atoms with Crippen LogP contribution in [0.5, 0.6) is 0 Å². The van der Waals surface area contributed by atoms with Crippen molar-refractivity contribution >= 4 is 11.6 Å². The molecule has 1 unspecified atom stereocenters. The number of aryl methyl sites for hydroxylation is 1. The van der Waals surface area contributed by atoms with Crippen molar-refractivity contribution in [1.29, 1.82) is 0 Å². The molecule has 21 heavy (non-hydrogen) atoms. The standard InChI is InChI=1S/C17H20ClFN2/c1-12-8-15(19)6-7-16(12)17(10-20)21(2)11-13-4-3-5-14(18)9-13/h3-9,17H,10-11,20H2,1-2H3. The van der Waals surface area contributed by atoms with Gasteiger partial charge in [-0.2, -0.15) is 0 Å². The molecule has 2 nitrogen and oxygen atoms in total. The highest BCUT2D eigenvalue weighted by atomic mass is 35.5. The summed E-state index contributed by atoms with van der Waals surface area (Å²) in [4.78, 5) is 2.16. The molecule has 1 atom stereocenters. The molecule has 112 valence electrons. The summed E-state index contributed by atoms with van der Waals surface area (Å²) in [5, 5.41) is 0.725. The molecule has 2 aromatic carbocycles. The summed E-state index contributed by atoms with van der Waals surface area (Å²) >= 11 is 6.02. The van der Waals surface area contributed by atoms with Crippen molar-refractivity contribution in [2.75, 3.05) is 13.6 Å². The summed E-state index contributed by atoms with van der Waals surface area (Å²) in [6.07, 6.45) is 0.